The highest BCUT2D eigenvalue weighted by Gasteiger charge is 2.14. The molecule has 2 aromatic carbocycles. The van der Waals surface area contributed by atoms with Crippen molar-refractivity contribution in [2.75, 3.05) is 0 Å². The second-order valence-corrected chi connectivity index (χ2v) is 6.67. The molecule has 136 valence electrons. The first-order valence-corrected chi connectivity index (χ1v) is 8.81. The highest BCUT2D eigenvalue weighted by molar-refractivity contribution is 5.97. The van der Waals surface area contributed by atoms with Crippen molar-refractivity contribution in [1.29, 1.82) is 0 Å². The number of nitrogens with two attached hydrogens (primary N) is 1. The standard InChI is InChI=1S/C22H16N4O2/c1-26-19-6-5-14(10-16(19)12-25-26)20-11-18-21(28-20)17(7-8-24-18)13-3-2-4-15(9-13)22(23)27/h2-12H,1H3,(H2,23,27). The minimum Gasteiger partial charge on any atom is -0.454 e. The van der Waals surface area contributed by atoms with E-state index in [1.165, 1.54) is 0 Å². The van der Waals surface area contributed by atoms with Gasteiger partial charge < -0.3 is 10.2 Å². The number of aryl methyl sites for hydroxylation is 1. The molecule has 0 saturated heterocycles. The number of primary amides is 1. The largest absolute Gasteiger partial charge is 0.454 e. The van der Waals surface area contributed by atoms with E-state index in [0.29, 0.717) is 11.1 Å². The van der Waals surface area contributed by atoms with Crippen LogP contribution < -0.4 is 5.73 Å². The summed E-state index contributed by atoms with van der Waals surface area (Å²) >= 11 is 0. The normalized spacial score (nSPS) is 11.3. The molecule has 2 N–H and O–H groups in total. The number of pyridine rings is 1. The molecule has 0 aliphatic heterocycles. The van der Waals surface area contributed by atoms with Crippen molar-refractivity contribution < 1.29 is 9.21 Å². The van der Waals surface area contributed by atoms with Gasteiger partial charge in [-0.25, -0.2) is 0 Å². The van der Waals surface area contributed by atoms with Gasteiger partial charge in [-0.05, 0) is 42.0 Å². The molecule has 28 heavy (non-hydrogen) atoms. The van der Waals surface area contributed by atoms with Gasteiger partial charge in [-0.2, -0.15) is 5.10 Å². The topological polar surface area (TPSA) is 86.9 Å². The second kappa shape index (κ2) is 6.06. The van der Waals surface area contributed by atoms with E-state index >= 15 is 0 Å². The monoisotopic (exact) mass is 368 g/mol. The zero-order valence-electron chi connectivity index (χ0n) is 15.1. The predicted molar refractivity (Wildman–Crippen MR) is 108 cm³/mol. The van der Waals surface area contributed by atoms with Gasteiger partial charge in [0.05, 0.1) is 11.7 Å². The van der Waals surface area contributed by atoms with Crippen LogP contribution in [0.2, 0.25) is 0 Å². The van der Waals surface area contributed by atoms with E-state index in [2.05, 4.69) is 10.1 Å². The fraction of sp³-hybridized carbons (Fsp3) is 0.0455. The molecule has 0 atom stereocenters. The molecule has 0 saturated carbocycles. The average molecular weight is 368 g/mol. The van der Waals surface area contributed by atoms with Gasteiger partial charge in [-0.1, -0.05) is 12.1 Å². The van der Waals surface area contributed by atoms with Crippen LogP contribution in [0.1, 0.15) is 10.4 Å². The van der Waals surface area contributed by atoms with Crippen LogP contribution in [-0.4, -0.2) is 20.7 Å². The summed E-state index contributed by atoms with van der Waals surface area (Å²) in [5.41, 5.74) is 11.0. The third-order valence-corrected chi connectivity index (χ3v) is 4.90. The lowest BCUT2D eigenvalue weighted by atomic mass is 10.0. The molecule has 6 heteroatoms. The van der Waals surface area contributed by atoms with Crippen molar-refractivity contribution in [2.24, 2.45) is 12.8 Å². The number of fused-ring (bicyclic) bond motifs is 2. The van der Waals surface area contributed by atoms with Crippen LogP contribution in [0.5, 0.6) is 0 Å². The van der Waals surface area contributed by atoms with E-state index in [1.54, 1.807) is 18.3 Å². The third-order valence-electron chi connectivity index (χ3n) is 4.90. The molecule has 0 spiro atoms. The number of hydrogen-bond acceptors (Lipinski definition) is 4. The minimum atomic E-state index is -0.461. The Morgan fingerprint density at radius 1 is 1.07 bits per heavy atom. The zero-order valence-corrected chi connectivity index (χ0v) is 15.1. The van der Waals surface area contributed by atoms with Crippen LogP contribution in [0.3, 0.4) is 0 Å². The number of aromatic nitrogens is 3. The molecule has 0 radical (unpaired) electrons. The number of carbonyl (C=O) groups excluding carboxylic acids is 1. The van der Waals surface area contributed by atoms with Gasteiger partial charge in [-0.15, -0.1) is 0 Å². The Hall–Kier alpha value is -3.93. The summed E-state index contributed by atoms with van der Waals surface area (Å²) in [7, 11) is 1.92. The predicted octanol–water partition coefficient (Wildman–Crippen LogP) is 4.15. The number of amides is 1. The Balaban J connectivity index is 1.66. The molecule has 0 aliphatic carbocycles. The number of hydrogen-bond donors (Lipinski definition) is 1. The van der Waals surface area contributed by atoms with Crippen LogP contribution in [0, 0.1) is 0 Å². The van der Waals surface area contributed by atoms with E-state index in [1.807, 2.05) is 60.4 Å². The fourth-order valence-corrected chi connectivity index (χ4v) is 3.46. The summed E-state index contributed by atoms with van der Waals surface area (Å²) in [6.45, 7) is 0. The Bertz CT molecular complexity index is 1360. The Morgan fingerprint density at radius 2 is 1.96 bits per heavy atom. The van der Waals surface area contributed by atoms with Crippen LogP contribution in [0.15, 0.2) is 71.4 Å². The molecule has 0 unspecified atom stereocenters. The maximum Gasteiger partial charge on any atom is 0.248 e. The van der Waals surface area contributed by atoms with E-state index in [9.17, 15) is 4.79 Å². The molecule has 3 heterocycles. The lowest BCUT2D eigenvalue weighted by Gasteiger charge is -2.04. The molecule has 1 amide bonds. The number of nitrogens with zero attached hydrogens (tertiary/aromatic N) is 3. The van der Waals surface area contributed by atoms with E-state index in [0.717, 1.165) is 38.9 Å². The number of carbonyl (C=O) groups is 1. The smallest absolute Gasteiger partial charge is 0.248 e. The van der Waals surface area contributed by atoms with Gasteiger partial charge in [-0.3, -0.25) is 14.5 Å². The molecule has 0 fully saturated rings. The Kier molecular flexibility index (Phi) is 3.52. The summed E-state index contributed by atoms with van der Waals surface area (Å²) in [6.07, 6.45) is 3.57. The highest BCUT2D eigenvalue weighted by atomic mass is 16.3. The molecule has 5 rings (SSSR count). The SMILES string of the molecule is Cn1ncc2cc(-c3cc4nccc(-c5cccc(C(N)=O)c5)c4o3)ccc21. The van der Waals surface area contributed by atoms with Crippen molar-refractivity contribution in [3.8, 4) is 22.5 Å². The number of benzene rings is 2. The molecule has 6 nitrogen and oxygen atoms in total. The summed E-state index contributed by atoms with van der Waals surface area (Å²) < 4.78 is 8.03. The Morgan fingerprint density at radius 3 is 2.82 bits per heavy atom. The minimum absolute atomic E-state index is 0.455. The van der Waals surface area contributed by atoms with Crippen molar-refractivity contribution in [2.45, 2.75) is 0 Å². The van der Waals surface area contributed by atoms with Crippen molar-refractivity contribution in [3.63, 3.8) is 0 Å². The van der Waals surface area contributed by atoms with Gasteiger partial charge in [0.15, 0.2) is 5.58 Å². The molecule has 0 bridgehead atoms. The molecule has 5 aromatic rings. The number of furan rings is 1. The van der Waals surface area contributed by atoms with Gasteiger partial charge in [0, 0.05) is 41.4 Å². The Labute approximate surface area is 160 Å². The van der Waals surface area contributed by atoms with Crippen molar-refractivity contribution >= 4 is 27.9 Å². The summed E-state index contributed by atoms with van der Waals surface area (Å²) in [5.74, 6) is 0.267. The fourth-order valence-electron chi connectivity index (χ4n) is 3.46. The highest BCUT2D eigenvalue weighted by Crippen LogP contribution is 2.34. The van der Waals surface area contributed by atoms with E-state index in [-0.39, 0.29) is 0 Å². The zero-order chi connectivity index (χ0) is 19.3. The van der Waals surface area contributed by atoms with Crippen molar-refractivity contribution in [1.82, 2.24) is 14.8 Å². The summed E-state index contributed by atoms with van der Waals surface area (Å²) in [4.78, 5) is 16.0. The van der Waals surface area contributed by atoms with Crippen LogP contribution >= 0.6 is 0 Å². The summed E-state index contributed by atoms with van der Waals surface area (Å²) in [6, 6.07) is 17.1. The molecule has 3 aromatic heterocycles. The lowest BCUT2D eigenvalue weighted by molar-refractivity contribution is 0.100. The number of rotatable bonds is 3. The molecular formula is C22H16N4O2. The summed E-state index contributed by atoms with van der Waals surface area (Å²) in [5, 5.41) is 5.33. The molecule has 0 aliphatic rings. The van der Waals surface area contributed by atoms with Crippen LogP contribution in [0.25, 0.3) is 44.5 Å². The first kappa shape index (κ1) is 16.3. The average Bonchev–Trinajstić information content (AvgIpc) is 3.31. The van der Waals surface area contributed by atoms with E-state index in [4.69, 9.17) is 10.2 Å². The van der Waals surface area contributed by atoms with Crippen LogP contribution in [0.4, 0.5) is 0 Å². The van der Waals surface area contributed by atoms with Gasteiger partial charge in [0.25, 0.3) is 0 Å². The quantitative estimate of drug-likeness (QED) is 0.518. The maximum absolute atomic E-state index is 11.5. The third kappa shape index (κ3) is 2.54. The van der Waals surface area contributed by atoms with Gasteiger partial charge in [0.1, 0.15) is 11.3 Å². The molecular weight excluding hydrogens is 352 g/mol. The van der Waals surface area contributed by atoms with Gasteiger partial charge in [0.2, 0.25) is 5.91 Å². The lowest BCUT2D eigenvalue weighted by Crippen LogP contribution is -2.10. The first-order valence-electron chi connectivity index (χ1n) is 8.81. The second-order valence-electron chi connectivity index (χ2n) is 6.67. The maximum atomic E-state index is 11.5. The van der Waals surface area contributed by atoms with E-state index < -0.39 is 5.91 Å². The van der Waals surface area contributed by atoms with Crippen LogP contribution in [-0.2, 0) is 7.05 Å². The van der Waals surface area contributed by atoms with Gasteiger partial charge >= 0.3 is 0 Å². The van der Waals surface area contributed by atoms with Crippen molar-refractivity contribution in [3.05, 3.63) is 72.6 Å². The first-order chi connectivity index (χ1) is 13.6.